The van der Waals surface area contributed by atoms with Gasteiger partial charge in [-0.3, -0.25) is 0 Å². The summed E-state index contributed by atoms with van der Waals surface area (Å²) in [6.45, 7) is 12.1. The summed E-state index contributed by atoms with van der Waals surface area (Å²) in [6.07, 6.45) is 11.2. The Kier molecular flexibility index (Phi) is 17.2. The lowest BCUT2D eigenvalue weighted by atomic mass is 10.2. The van der Waals surface area contributed by atoms with Crippen molar-refractivity contribution in [1.82, 2.24) is 0 Å². The Morgan fingerprint density at radius 3 is 1.76 bits per heavy atom. The SMILES string of the molecule is C=C/C=C(\C=C/COCCCCOC(=O)C=C)C(=O)Oc1ccc(OC(=O)c2ccc(OCCCCOC(=O)C=C)cc2)cc1. The van der Waals surface area contributed by atoms with Gasteiger partial charge in [0, 0.05) is 18.8 Å². The maximum Gasteiger partial charge on any atom is 0.343 e. The lowest BCUT2D eigenvalue weighted by molar-refractivity contribution is -0.138. The molecule has 0 N–H and O–H groups in total. The highest BCUT2D eigenvalue weighted by Gasteiger charge is 2.12. The summed E-state index contributed by atoms with van der Waals surface area (Å²) >= 11 is 0. The molecule has 10 heteroatoms. The van der Waals surface area contributed by atoms with Crippen molar-refractivity contribution in [3.05, 3.63) is 116 Å². The molecule has 0 saturated carbocycles. The van der Waals surface area contributed by atoms with Crippen molar-refractivity contribution < 1.29 is 47.6 Å². The Morgan fingerprint density at radius 1 is 0.644 bits per heavy atom. The van der Waals surface area contributed by atoms with Crippen LogP contribution in [0.3, 0.4) is 0 Å². The van der Waals surface area contributed by atoms with Crippen LogP contribution in [0.5, 0.6) is 17.2 Å². The Morgan fingerprint density at radius 2 is 1.18 bits per heavy atom. The summed E-state index contributed by atoms with van der Waals surface area (Å²) in [5.41, 5.74) is 0.597. The van der Waals surface area contributed by atoms with E-state index in [2.05, 4.69) is 19.7 Å². The van der Waals surface area contributed by atoms with Crippen molar-refractivity contribution in [3.63, 3.8) is 0 Å². The number of hydrogen-bond donors (Lipinski definition) is 0. The van der Waals surface area contributed by atoms with E-state index in [4.69, 9.17) is 28.4 Å². The zero-order chi connectivity index (χ0) is 32.7. The van der Waals surface area contributed by atoms with E-state index in [-0.39, 0.29) is 23.7 Å². The lowest BCUT2D eigenvalue weighted by Gasteiger charge is -2.09. The number of hydrogen-bond acceptors (Lipinski definition) is 10. The van der Waals surface area contributed by atoms with E-state index < -0.39 is 23.9 Å². The maximum absolute atomic E-state index is 12.6. The zero-order valence-corrected chi connectivity index (χ0v) is 25.2. The van der Waals surface area contributed by atoms with Gasteiger partial charge in [-0.05, 0) is 86.4 Å². The number of carbonyl (C=O) groups is 4. The molecule has 238 valence electrons. The molecule has 0 aliphatic heterocycles. The molecular weight excluding hydrogens is 580 g/mol. The molecule has 0 aliphatic rings. The molecule has 0 aliphatic carbocycles. The van der Waals surface area contributed by atoms with Gasteiger partial charge in [0.1, 0.15) is 17.2 Å². The van der Waals surface area contributed by atoms with Crippen LogP contribution in [0.15, 0.2) is 110 Å². The third-order valence-corrected chi connectivity index (χ3v) is 5.69. The van der Waals surface area contributed by atoms with Crippen molar-refractivity contribution >= 4 is 23.9 Å². The van der Waals surface area contributed by atoms with Crippen LogP contribution >= 0.6 is 0 Å². The van der Waals surface area contributed by atoms with Gasteiger partial charge in [-0.2, -0.15) is 0 Å². The second-order valence-corrected chi connectivity index (χ2v) is 9.12. The number of esters is 4. The standard InChI is InChI=1S/C35H38O10/c1-4-12-27(13-11-23-40-22-7-8-25-42-32(36)5-2)34(38)44-30-18-20-31(21-19-30)45-35(39)28-14-16-29(17-15-28)41-24-9-10-26-43-33(37)6-3/h4-6,11-21H,1-3,7-10,22-26H2/b13-11-,27-12+. The summed E-state index contributed by atoms with van der Waals surface area (Å²) < 4.78 is 31.8. The van der Waals surface area contributed by atoms with E-state index in [1.807, 2.05) is 0 Å². The maximum atomic E-state index is 12.6. The fraction of sp³-hybridized carbons (Fsp3) is 0.257. The minimum absolute atomic E-state index is 0.261. The van der Waals surface area contributed by atoms with Gasteiger partial charge < -0.3 is 28.4 Å². The first-order valence-corrected chi connectivity index (χ1v) is 14.3. The summed E-state index contributed by atoms with van der Waals surface area (Å²) in [5.74, 6) is -0.937. The number of allylic oxidation sites excluding steroid dienone is 2. The van der Waals surface area contributed by atoms with E-state index in [0.29, 0.717) is 63.4 Å². The van der Waals surface area contributed by atoms with Crippen molar-refractivity contribution in [2.45, 2.75) is 25.7 Å². The third-order valence-electron chi connectivity index (χ3n) is 5.69. The van der Waals surface area contributed by atoms with E-state index in [1.54, 1.807) is 36.4 Å². The summed E-state index contributed by atoms with van der Waals surface area (Å²) in [6, 6.07) is 12.6. The molecule has 2 aromatic carbocycles. The average molecular weight is 619 g/mol. The largest absolute Gasteiger partial charge is 0.494 e. The van der Waals surface area contributed by atoms with E-state index in [0.717, 1.165) is 12.2 Å². The van der Waals surface area contributed by atoms with Crippen LogP contribution < -0.4 is 14.2 Å². The Labute approximate surface area is 263 Å². The van der Waals surface area contributed by atoms with Gasteiger partial charge in [-0.25, -0.2) is 19.2 Å². The van der Waals surface area contributed by atoms with Crippen molar-refractivity contribution in [1.29, 1.82) is 0 Å². The first-order valence-electron chi connectivity index (χ1n) is 14.3. The second kappa shape index (κ2) is 21.5. The number of rotatable bonds is 21. The highest BCUT2D eigenvalue weighted by Crippen LogP contribution is 2.21. The number of benzene rings is 2. The predicted molar refractivity (Wildman–Crippen MR) is 168 cm³/mol. The molecule has 0 saturated heterocycles. The van der Waals surface area contributed by atoms with Gasteiger partial charge in [0.2, 0.25) is 0 Å². The topological polar surface area (TPSA) is 124 Å². The molecule has 0 unspecified atom stereocenters. The number of carbonyl (C=O) groups excluding carboxylic acids is 4. The zero-order valence-electron chi connectivity index (χ0n) is 25.2. The molecule has 0 atom stereocenters. The summed E-state index contributed by atoms with van der Waals surface area (Å²) in [4.78, 5) is 47.2. The van der Waals surface area contributed by atoms with E-state index in [9.17, 15) is 19.2 Å². The minimum Gasteiger partial charge on any atom is -0.494 e. The molecule has 0 aromatic heterocycles. The van der Waals surface area contributed by atoms with E-state index >= 15 is 0 Å². The average Bonchev–Trinajstić information content (AvgIpc) is 3.05. The Hall–Kier alpha value is -5.22. The first-order chi connectivity index (χ1) is 21.9. The highest BCUT2D eigenvalue weighted by molar-refractivity contribution is 5.93. The molecule has 2 rings (SSSR count). The van der Waals surface area contributed by atoms with Gasteiger partial charge in [-0.1, -0.05) is 31.9 Å². The molecule has 0 amide bonds. The molecule has 0 spiro atoms. The molecule has 2 aromatic rings. The Bertz CT molecular complexity index is 1340. The monoisotopic (exact) mass is 618 g/mol. The summed E-state index contributed by atoms with van der Waals surface area (Å²) in [5, 5.41) is 0. The predicted octanol–water partition coefficient (Wildman–Crippen LogP) is 5.89. The Balaban J connectivity index is 1.74. The van der Waals surface area contributed by atoms with Gasteiger partial charge in [-0.15, -0.1) is 0 Å². The fourth-order valence-corrected chi connectivity index (χ4v) is 3.40. The molecule has 0 bridgehead atoms. The van der Waals surface area contributed by atoms with Crippen LogP contribution in [-0.4, -0.2) is 56.9 Å². The molecule has 10 nitrogen and oxygen atoms in total. The highest BCUT2D eigenvalue weighted by atomic mass is 16.5. The normalized spacial score (nSPS) is 10.9. The van der Waals surface area contributed by atoms with Gasteiger partial charge >= 0.3 is 23.9 Å². The van der Waals surface area contributed by atoms with Crippen LogP contribution in [0.4, 0.5) is 0 Å². The quantitative estimate of drug-likeness (QED) is 0.0550. The smallest absolute Gasteiger partial charge is 0.343 e. The molecule has 0 heterocycles. The molecule has 0 fully saturated rings. The second-order valence-electron chi connectivity index (χ2n) is 9.12. The van der Waals surface area contributed by atoms with Crippen LogP contribution in [0.1, 0.15) is 36.0 Å². The van der Waals surface area contributed by atoms with Crippen LogP contribution in [-0.2, 0) is 28.6 Å². The molecule has 0 radical (unpaired) electrons. The van der Waals surface area contributed by atoms with Gasteiger partial charge in [0.05, 0.1) is 37.6 Å². The van der Waals surface area contributed by atoms with Crippen molar-refractivity contribution in [3.8, 4) is 17.2 Å². The molecule has 45 heavy (non-hydrogen) atoms. The van der Waals surface area contributed by atoms with Crippen molar-refractivity contribution in [2.24, 2.45) is 0 Å². The number of unbranched alkanes of at least 4 members (excludes halogenated alkanes) is 2. The van der Waals surface area contributed by atoms with Crippen molar-refractivity contribution in [2.75, 3.05) is 33.0 Å². The lowest BCUT2D eigenvalue weighted by Crippen LogP contribution is -2.11. The fourth-order valence-electron chi connectivity index (χ4n) is 3.40. The van der Waals surface area contributed by atoms with Gasteiger partial charge in [0.15, 0.2) is 0 Å². The van der Waals surface area contributed by atoms with Crippen LogP contribution in [0, 0.1) is 0 Å². The first kappa shape index (κ1) is 36.0. The van der Waals surface area contributed by atoms with Gasteiger partial charge in [0.25, 0.3) is 0 Å². The molecular formula is C35H38O10. The summed E-state index contributed by atoms with van der Waals surface area (Å²) in [7, 11) is 0. The van der Waals surface area contributed by atoms with Crippen LogP contribution in [0.2, 0.25) is 0 Å². The number of ether oxygens (including phenoxy) is 6. The third kappa shape index (κ3) is 15.2. The van der Waals surface area contributed by atoms with Crippen LogP contribution in [0.25, 0.3) is 0 Å². The minimum atomic E-state index is -0.599. The van der Waals surface area contributed by atoms with E-state index in [1.165, 1.54) is 36.4 Å².